The second-order valence-corrected chi connectivity index (χ2v) is 6.78. The molecule has 108 valence electrons. The first-order valence-electron chi connectivity index (χ1n) is 7.33. The van der Waals surface area contributed by atoms with Crippen molar-refractivity contribution in [3.8, 4) is 0 Å². The molecule has 2 N–H and O–H groups in total. The third-order valence-electron chi connectivity index (χ3n) is 4.76. The number of halogens is 1. The average Bonchev–Trinajstić information content (AvgIpc) is 2.58. The van der Waals surface area contributed by atoms with Crippen molar-refractivity contribution < 1.29 is 0 Å². The fourth-order valence-electron chi connectivity index (χ4n) is 3.33. The highest BCUT2D eigenvalue weighted by molar-refractivity contribution is 6.30. The molecule has 1 heterocycles. The van der Waals surface area contributed by atoms with Gasteiger partial charge in [-0.3, -0.25) is 4.68 Å². The van der Waals surface area contributed by atoms with Gasteiger partial charge in [0.1, 0.15) is 5.15 Å². The monoisotopic (exact) mass is 283 g/mol. The van der Waals surface area contributed by atoms with E-state index >= 15 is 0 Å². The summed E-state index contributed by atoms with van der Waals surface area (Å²) in [4.78, 5) is 0. The van der Waals surface area contributed by atoms with Gasteiger partial charge >= 0.3 is 0 Å². The summed E-state index contributed by atoms with van der Waals surface area (Å²) in [6.07, 6.45) is 4.62. The van der Waals surface area contributed by atoms with Crippen molar-refractivity contribution in [3.63, 3.8) is 0 Å². The Bertz CT molecular complexity index is 439. The molecule has 0 saturated heterocycles. The molecule has 0 radical (unpaired) electrons. The van der Waals surface area contributed by atoms with Gasteiger partial charge in [-0.1, -0.05) is 25.4 Å². The van der Waals surface area contributed by atoms with Gasteiger partial charge in [0.15, 0.2) is 0 Å². The topological polar surface area (TPSA) is 43.8 Å². The highest BCUT2D eigenvalue weighted by Gasteiger charge is 2.31. The predicted octanol–water partition coefficient (Wildman–Crippen LogP) is 3.32. The Morgan fingerprint density at radius 3 is 2.63 bits per heavy atom. The predicted molar refractivity (Wildman–Crippen MR) is 80.3 cm³/mol. The van der Waals surface area contributed by atoms with Crippen molar-refractivity contribution in [2.24, 2.45) is 30.5 Å². The Kier molecular flexibility index (Phi) is 4.57. The number of nitrogens with two attached hydrogens (primary N) is 1. The first-order chi connectivity index (χ1) is 8.90. The van der Waals surface area contributed by atoms with Crippen LogP contribution in [-0.2, 0) is 13.5 Å². The van der Waals surface area contributed by atoms with Crippen LogP contribution in [0, 0.1) is 24.7 Å². The zero-order valence-electron chi connectivity index (χ0n) is 12.5. The Morgan fingerprint density at radius 2 is 2.11 bits per heavy atom. The second-order valence-electron chi connectivity index (χ2n) is 6.42. The molecule has 0 amide bonds. The van der Waals surface area contributed by atoms with Crippen LogP contribution in [0.4, 0.5) is 0 Å². The van der Waals surface area contributed by atoms with E-state index in [4.69, 9.17) is 17.3 Å². The molecule has 0 bridgehead atoms. The van der Waals surface area contributed by atoms with E-state index in [0.717, 1.165) is 35.5 Å². The summed E-state index contributed by atoms with van der Waals surface area (Å²) in [7, 11) is 1.90. The van der Waals surface area contributed by atoms with Crippen LogP contribution in [0.25, 0.3) is 0 Å². The molecule has 0 aromatic carbocycles. The third-order valence-corrected chi connectivity index (χ3v) is 5.23. The smallest absolute Gasteiger partial charge is 0.130 e. The molecule has 2 rings (SSSR count). The molecule has 1 fully saturated rings. The first kappa shape index (κ1) is 14.9. The van der Waals surface area contributed by atoms with Gasteiger partial charge in [0, 0.05) is 18.7 Å². The molecule has 3 nitrogen and oxygen atoms in total. The van der Waals surface area contributed by atoms with Gasteiger partial charge in [-0.15, -0.1) is 0 Å². The average molecular weight is 284 g/mol. The highest BCUT2D eigenvalue weighted by Crippen LogP contribution is 2.36. The molecule has 1 aliphatic carbocycles. The van der Waals surface area contributed by atoms with Gasteiger partial charge in [-0.05, 0) is 50.4 Å². The molecular formula is C15H26ClN3. The maximum atomic E-state index is 6.34. The molecule has 3 unspecified atom stereocenters. The van der Waals surface area contributed by atoms with Crippen LogP contribution in [0.2, 0.25) is 5.15 Å². The van der Waals surface area contributed by atoms with E-state index < -0.39 is 0 Å². The quantitative estimate of drug-likeness (QED) is 0.925. The lowest BCUT2D eigenvalue weighted by molar-refractivity contribution is 0.189. The highest BCUT2D eigenvalue weighted by atomic mass is 35.5. The van der Waals surface area contributed by atoms with Gasteiger partial charge in [0.05, 0.1) is 5.69 Å². The Morgan fingerprint density at radius 1 is 1.42 bits per heavy atom. The van der Waals surface area contributed by atoms with E-state index in [1.54, 1.807) is 4.68 Å². The molecule has 3 atom stereocenters. The molecule has 1 saturated carbocycles. The molecule has 0 spiro atoms. The van der Waals surface area contributed by atoms with E-state index in [9.17, 15) is 0 Å². The summed E-state index contributed by atoms with van der Waals surface area (Å²) in [6, 6.07) is 0.311. The van der Waals surface area contributed by atoms with Gasteiger partial charge in [0.2, 0.25) is 0 Å². The maximum Gasteiger partial charge on any atom is 0.130 e. The molecule has 4 heteroatoms. The number of rotatable bonds is 3. The molecule has 19 heavy (non-hydrogen) atoms. The lowest BCUT2D eigenvalue weighted by Crippen LogP contribution is -2.38. The summed E-state index contributed by atoms with van der Waals surface area (Å²) in [5.41, 5.74) is 8.56. The molecule has 1 aliphatic rings. The lowest BCUT2D eigenvalue weighted by atomic mass is 9.72. The molecular weight excluding hydrogens is 258 g/mol. The van der Waals surface area contributed by atoms with Crippen molar-refractivity contribution in [1.82, 2.24) is 9.78 Å². The van der Waals surface area contributed by atoms with Crippen LogP contribution < -0.4 is 5.73 Å². The van der Waals surface area contributed by atoms with E-state index in [2.05, 4.69) is 18.9 Å². The van der Waals surface area contributed by atoms with Gasteiger partial charge < -0.3 is 5.73 Å². The van der Waals surface area contributed by atoms with E-state index in [-0.39, 0.29) is 0 Å². The summed E-state index contributed by atoms with van der Waals surface area (Å²) < 4.78 is 1.76. The Balaban J connectivity index is 2.12. The largest absolute Gasteiger partial charge is 0.327 e. The van der Waals surface area contributed by atoms with Crippen LogP contribution in [0.3, 0.4) is 0 Å². The van der Waals surface area contributed by atoms with E-state index in [1.807, 2.05) is 14.0 Å². The minimum Gasteiger partial charge on any atom is -0.327 e. The SMILES string of the molecule is Cc1nn(C)c(Cl)c1CC1CC(C(C)C)CCC1N. The van der Waals surface area contributed by atoms with Gasteiger partial charge in [0.25, 0.3) is 0 Å². The first-order valence-corrected chi connectivity index (χ1v) is 7.71. The molecule has 0 aliphatic heterocycles. The molecule has 1 aromatic rings. The number of aromatic nitrogens is 2. The summed E-state index contributed by atoms with van der Waals surface area (Å²) in [5.74, 6) is 2.10. The van der Waals surface area contributed by atoms with Crippen molar-refractivity contribution in [1.29, 1.82) is 0 Å². The maximum absolute atomic E-state index is 6.34. The standard InChI is InChI=1S/C15H26ClN3/c1-9(2)11-5-6-14(17)12(7-11)8-13-10(3)18-19(4)15(13)16/h9,11-12,14H,5-8,17H2,1-4H3. The normalized spacial score (nSPS) is 28.1. The van der Waals surface area contributed by atoms with Gasteiger partial charge in [-0.2, -0.15) is 5.10 Å². The van der Waals surface area contributed by atoms with Crippen molar-refractivity contribution in [2.75, 3.05) is 0 Å². The van der Waals surface area contributed by atoms with Crippen LogP contribution >= 0.6 is 11.6 Å². The van der Waals surface area contributed by atoms with E-state index in [0.29, 0.717) is 12.0 Å². The zero-order valence-corrected chi connectivity index (χ0v) is 13.2. The lowest BCUT2D eigenvalue weighted by Gasteiger charge is -2.36. The van der Waals surface area contributed by atoms with Crippen LogP contribution in [0.5, 0.6) is 0 Å². The minimum atomic E-state index is 0.311. The number of hydrogen-bond donors (Lipinski definition) is 1. The summed E-state index contributed by atoms with van der Waals surface area (Å²) in [6.45, 7) is 6.68. The fraction of sp³-hybridized carbons (Fsp3) is 0.800. The van der Waals surface area contributed by atoms with Crippen molar-refractivity contribution in [2.45, 2.75) is 52.5 Å². The number of aryl methyl sites for hydroxylation is 2. The minimum absolute atomic E-state index is 0.311. The number of hydrogen-bond acceptors (Lipinski definition) is 2. The van der Waals surface area contributed by atoms with Gasteiger partial charge in [-0.25, -0.2) is 0 Å². The molecule has 1 aromatic heterocycles. The van der Waals surface area contributed by atoms with E-state index in [1.165, 1.54) is 18.4 Å². The summed E-state index contributed by atoms with van der Waals surface area (Å²) >= 11 is 6.34. The summed E-state index contributed by atoms with van der Waals surface area (Å²) in [5, 5.41) is 5.17. The van der Waals surface area contributed by atoms with Crippen LogP contribution in [0.15, 0.2) is 0 Å². The fourth-order valence-corrected chi connectivity index (χ4v) is 3.58. The van der Waals surface area contributed by atoms with Crippen LogP contribution in [-0.4, -0.2) is 15.8 Å². The van der Waals surface area contributed by atoms with Crippen LogP contribution in [0.1, 0.15) is 44.4 Å². The Labute approximate surface area is 121 Å². The van der Waals surface area contributed by atoms with Crippen molar-refractivity contribution >= 4 is 11.6 Å². The zero-order chi connectivity index (χ0) is 14.2. The Hall–Kier alpha value is -0.540. The number of nitrogens with zero attached hydrogens (tertiary/aromatic N) is 2. The van der Waals surface area contributed by atoms with Crippen molar-refractivity contribution in [3.05, 3.63) is 16.4 Å². The third kappa shape index (κ3) is 3.14. The second kappa shape index (κ2) is 5.84.